The largest absolute Gasteiger partial charge is 0.310 e. The van der Waals surface area contributed by atoms with Gasteiger partial charge in [-0.2, -0.15) is 0 Å². The molecule has 0 fully saturated rings. The Morgan fingerprint density at radius 1 is 0.316 bits per heavy atom. The fourth-order valence-electron chi connectivity index (χ4n) is 6.82. The van der Waals surface area contributed by atoms with Crippen molar-refractivity contribution in [2.45, 2.75) is 5.41 Å². The number of para-hydroxylation sites is 2. The molecule has 0 bridgehead atoms. The monoisotopic (exact) mass is 483 g/mol. The number of fused-ring (bicyclic) bond motifs is 10. The number of anilines is 3. The third-order valence-corrected chi connectivity index (χ3v) is 8.27. The summed E-state index contributed by atoms with van der Waals surface area (Å²) < 4.78 is 0. The minimum atomic E-state index is -0.339. The predicted octanol–water partition coefficient (Wildman–Crippen LogP) is 9.50. The Morgan fingerprint density at radius 2 is 0.711 bits per heavy atom. The average molecular weight is 484 g/mol. The fraction of sp³-hybridized carbons (Fsp3) is 0.0270. The molecule has 0 unspecified atom stereocenters. The Morgan fingerprint density at radius 3 is 1.18 bits per heavy atom. The maximum absolute atomic E-state index is 2.44. The van der Waals surface area contributed by atoms with Crippen LogP contribution in [0.4, 0.5) is 17.1 Å². The summed E-state index contributed by atoms with van der Waals surface area (Å²) in [5.74, 6) is 0. The Labute approximate surface area is 223 Å². The molecule has 2 aliphatic rings. The molecule has 0 heterocycles. The van der Waals surface area contributed by atoms with Crippen LogP contribution in [-0.4, -0.2) is 0 Å². The lowest BCUT2D eigenvalue weighted by Gasteiger charge is -2.32. The first kappa shape index (κ1) is 21.2. The van der Waals surface area contributed by atoms with Crippen LogP contribution in [0.15, 0.2) is 152 Å². The number of nitrogens with zero attached hydrogens (tertiary/aromatic N) is 1. The van der Waals surface area contributed by atoms with E-state index in [1.807, 2.05) is 0 Å². The molecule has 8 rings (SSSR count). The third kappa shape index (κ3) is 2.76. The van der Waals surface area contributed by atoms with Gasteiger partial charge in [0.25, 0.3) is 0 Å². The maximum Gasteiger partial charge on any atom is 0.0726 e. The van der Waals surface area contributed by atoms with Crippen LogP contribution in [0, 0.1) is 0 Å². The quantitative estimate of drug-likeness (QED) is 0.242. The van der Waals surface area contributed by atoms with Crippen LogP contribution in [0.2, 0.25) is 0 Å². The van der Waals surface area contributed by atoms with Crippen molar-refractivity contribution in [2.24, 2.45) is 0 Å². The molecule has 1 spiro atoms. The highest BCUT2D eigenvalue weighted by molar-refractivity contribution is 5.96. The topological polar surface area (TPSA) is 3.24 Å². The molecule has 0 atom stereocenters. The van der Waals surface area contributed by atoms with E-state index in [0.29, 0.717) is 0 Å². The van der Waals surface area contributed by atoms with E-state index < -0.39 is 0 Å². The van der Waals surface area contributed by atoms with Gasteiger partial charge in [-0.3, -0.25) is 0 Å². The fourth-order valence-corrected chi connectivity index (χ4v) is 6.82. The Hall–Kier alpha value is -4.88. The van der Waals surface area contributed by atoms with Crippen molar-refractivity contribution >= 4 is 17.1 Å². The lowest BCUT2D eigenvalue weighted by atomic mass is 9.70. The molecule has 1 heteroatoms. The van der Waals surface area contributed by atoms with Gasteiger partial charge in [0.05, 0.1) is 5.41 Å². The van der Waals surface area contributed by atoms with Gasteiger partial charge in [-0.05, 0) is 80.9 Å². The summed E-state index contributed by atoms with van der Waals surface area (Å²) >= 11 is 0. The molecular weight excluding hydrogens is 458 g/mol. The normalized spacial score (nSPS) is 13.5. The van der Waals surface area contributed by atoms with E-state index in [-0.39, 0.29) is 5.41 Å². The van der Waals surface area contributed by atoms with Crippen molar-refractivity contribution in [1.82, 2.24) is 0 Å². The first-order valence-corrected chi connectivity index (χ1v) is 13.2. The zero-order valence-corrected chi connectivity index (χ0v) is 20.9. The molecule has 178 valence electrons. The van der Waals surface area contributed by atoms with Crippen LogP contribution in [0.25, 0.3) is 22.3 Å². The lowest BCUT2D eigenvalue weighted by molar-refractivity contribution is 0.793. The van der Waals surface area contributed by atoms with E-state index in [4.69, 9.17) is 0 Å². The molecule has 0 amide bonds. The SMILES string of the molecule is c1ccc(N(c2ccccc2)c2ccc3c(c2)C2(c4ccccc4-c4ccccc42)c2ccccc2-3)cc1. The van der Waals surface area contributed by atoms with Crippen molar-refractivity contribution in [3.05, 3.63) is 174 Å². The standard InChI is InChI=1S/C37H25N/c1-3-13-26(14-4-1)38(27-15-5-2-6-16-27)28-23-24-32-31-19-9-12-22-35(31)37(36(32)25-28)33-20-10-7-17-29(33)30-18-8-11-21-34(30)37/h1-25H. The molecule has 0 N–H and O–H groups in total. The Bertz CT molecular complexity index is 1710. The highest BCUT2D eigenvalue weighted by atomic mass is 15.1. The maximum atomic E-state index is 2.44. The van der Waals surface area contributed by atoms with Gasteiger partial charge in [-0.15, -0.1) is 0 Å². The molecule has 0 saturated carbocycles. The van der Waals surface area contributed by atoms with Gasteiger partial charge in [0.15, 0.2) is 0 Å². The van der Waals surface area contributed by atoms with Crippen LogP contribution < -0.4 is 4.90 Å². The van der Waals surface area contributed by atoms with Crippen molar-refractivity contribution < 1.29 is 0 Å². The zero-order chi connectivity index (χ0) is 25.1. The molecule has 6 aromatic carbocycles. The van der Waals surface area contributed by atoms with Crippen molar-refractivity contribution in [2.75, 3.05) is 4.90 Å². The molecule has 0 radical (unpaired) electrons. The van der Waals surface area contributed by atoms with Crippen molar-refractivity contribution in [3.8, 4) is 22.3 Å². The van der Waals surface area contributed by atoms with E-state index in [9.17, 15) is 0 Å². The Balaban J connectivity index is 1.46. The van der Waals surface area contributed by atoms with Gasteiger partial charge >= 0.3 is 0 Å². The molecule has 0 saturated heterocycles. The highest BCUT2D eigenvalue weighted by Crippen LogP contribution is 2.63. The summed E-state index contributed by atoms with van der Waals surface area (Å²) in [7, 11) is 0. The predicted molar refractivity (Wildman–Crippen MR) is 157 cm³/mol. The number of hydrogen-bond donors (Lipinski definition) is 0. The molecule has 6 aromatic rings. The number of benzene rings is 6. The molecule has 1 nitrogen and oxygen atoms in total. The van der Waals surface area contributed by atoms with Gasteiger partial charge in [0, 0.05) is 17.1 Å². The first-order valence-electron chi connectivity index (χ1n) is 13.2. The van der Waals surface area contributed by atoms with E-state index in [0.717, 1.165) is 17.1 Å². The molecule has 38 heavy (non-hydrogen) atoms. The second kappa shape index (κ2) is 8.06. The number of hydrogen-bond acceptors (Lipinski definition) is 1. The Kier molecular flexibility index (Phi) is 4.50. The second-order valence-electron chi connectivity index (χ2n) is 10.1. The third-order valence-electron chi connectivity index (χ3n) is 8.27. The summed E-state index contributed by atoms with van der Waals surface area (Å²) in [6.07, 6.45) is 0. The van der Waals surface area contributed by atoms with Gasteiger partial charge in [-0.25, -0.2) is 0 Å². The van der Waals surface area contributed by atoms with Crippen molar-refractivity contribution in [1.29, 1.82) is 0 Å². The van der Waals surface area contributed by atoms with E-state index in [1.165, 1.54) is 44.5 Å². The summed E-state index contributed by atoms with van der Waals surface area (Å²) in [6.45, 7) is 0. The van der Waals surface area contributed by atoms with Gasteiger partial charge in [0.1, 0.15) is 0 Å². The second-order valence-corrected chi connectivity index (χ2v) is 10.1. The lowest BCUT2D eigenvalue weighted by Crippen LogP contribution is -2.26. The van der Waals surface area contributed by atoms with Crippen molar-refractivity contribution in [3.63, 3.8) is 0 Å². The summed E-state index contributed by atoms with van der Waals surface area (Å²) in [4.78, 5) is 2.36. The minimum Gasteiger partial charge on any atom is -0.310 e. The summed E-state index contributed by atoms with van der Waals surface area (Å²) in [6, 6.07) is 55.3. The van der Waals surface area contributed by atoms with Gasteiger partial charge in [-0.1, -0.05) is 115 Å². The molecular formula is C37H25N. The van der Waals surface area contributed by atoms with Crippen LogP contribution >= 0.6 is 0 Å². The molecule has 0 aromatic heterocycles. The molecule has 0 aliphatic heterocycles. The van der Waals surface area contributed by atoms with E-state index in [2.05, 4.69) is 157 Å². The zero-order valence-electron chi connectivity index (χ0n) is 20.9. The summed E-state index contributed by atoms with van der Waals surface area (Å²) in [5.41, 5.74) is 13.9. The smallest absolute Gasteiger partial charge is 0.0726 e. The van der Waals surface area contributed by atoms with Crippen LogP contribution in [-0.2, 0) is 5.41 Å². The first-order chi connectivity index (χ1) is 18.9. The highest BCUT2D eigenvalue weighted by Gasteiger charge is 2.51. The van der Waals surface area contributed by atoms with Crippen LogP contribution in [0.5, 0.6) is 0 Å². The molecule has 2 aliphatic carbocycles. The van der Waals surface area contributed by atoms with Gasteiger partial charge < -0.3 is 4.90 Å². The van der Waals surface area contributed by atoms with Gasteiger partial charge in [0.2, 0.25) is 0 Å². The minimum absolute atomic E-state index is 0.339. The summed E-state index contributed by atoms with van der Waals surface area (Å²) in [5, 5.41) is 0. The van der Waals surface area contributed by atoms with E-state index >= 15 is 0 Å². The van der Waals surface area contributed by atoms with Crippen LogP contribution in [0.3, 0.4) is 0 Å². The van der Waals surface area contributed by atoms with E-state index in [1.54, 1.807) is 0 Å². The average Bonchev–Trinajstić information content (AvgIpc) is 3.46. The number of rotatable bonds is 3. The van der Waals surface area contributed by atoms with Crippen LogP contribution in [0.1, 0.15) is 22.3 Å².